The second-order valence-corrected chi connectivity index (χ2v) is 10.5. The Kier molecular flexibility index (Phi) is 9.74. The van der Waals surface area contributed by atoms with Crippen LogP contribution < -0.4 is 24.3 Å². The molecule has 1 amide bonds. The quantitative estimate of drug-likeness (QED) is 0.451. The molecule has 2 fully saturated rings. The number of carbonyl (C=O) groups excluding carboxylic acids is 2. The number of esters is 1. The first-order valence-corrected chi connectivity index (χ1v) is 13.7. The Balaban J connectivity index is 0.00000202. The number of halogens is 2. The van der Waals surface area contributed by atoms with Crippen LogP contribution in [0.1, 0.15) is 48.4 Å². The first-order chi connectivity index (χ1) is 19.4. The number of hydrogen-bond acceptors (Lipinski definition) is 10. The van der Waals surface area contributed by atoms with Crippen LogP contribution in [0.3, 0.4) is 0 Å². The molecule has 3 heterocycles. The van der Waals surface area contributed by atoms with E-state index in [1.54, 1.807) is 24.0 Å². The van der Waals surface area contributed by atoms with Crippen molar-refractivity contribution in [3.63, 3.8) is 0 Å². The van der Waals surface area contributed by atoms with Gasteiger partial charge in [-0.05, 0) is 60.7 Å². The monoisotopic (exact) mass is 626 g/mol. The van der Waals surface area contributed by atoms with Gasteiger partial charge in [-0.2, -0.15) is 0 Å². The molecule has 2 N–H and O–H groups in total. The summed E-state index contributed by atoms with van der Waals surface area (Å²) in [7, 11) is 2.95. The first-order valence-electron chi connectivity index (χ1n) is 13.7. The molecule has 0 radical (unpaired) electrons. The maximum Gasteiger partial charge on any atom is 0.409 e. The van der Waals surface area contributed by atoms with Gasteiger partial charge in [0.2, 0.25) is 12.5 Å². The van der Waals surface area contributed by atoms with Crippen molar-refractivity contribution >= 4 is 36.9 Å². The molecule has 230 valence electrons. The van der Waals surface area contributed by atoms with Crippen molar-refractivity contribution in [2.24, 2.45) is 11.8 Å². The highest BCUT2D eigenvalue weighted by Crippen LogP contribution is 2.55. The number of phenolic OH excluding ortho intramolecular Hbond substituents is 1. The molecular formula is C29H36Cl2N2O9. The molecule has 4 atom stereocenters. The molecule has 0 bridgehead atoms. The van der Waals surface area contributed by atoms with E-state index < -0.39 is 11.8 Å². The second kappa shape index (κ2) is 12.9. The molecule has 2 aromatic rings. The zero-order valence-corrected chi connectivity index (χ0v) is 25.3. The van der Waals surface area contributed by atoms with Gasteiger partial charge >= 0.3 is 12.1 Å². The van der Waals surface area contributed by atoms with Crippen LogP contribution in [0.4, 0.5) is 4.79 Å². The number of nitrogens with zero attached hydrogens (tertiary/aromatic N) is 1. The molecule has 0 saturated carbocycles. The highest BCUT2D eigenvalue weighted by Gasteiger charge is 2.53. The molecule has 0 aromatic heterocycles. The highest BCUT2D eigenvalue weighted by molar-refractivity contribution is 5.85. The number of likely N-dealkylation sites (tertiary alicyclic amines) is 1. The third kappa shape index (κ3) is 5.45. The molecule has 0 unspecified atom stereocenters. The lowest BCUT2D eigenvalue weighted by atomic mass is 9.65. The highest BCUT2D eigenvalue weighted by atomic mass is 35.5. The summed E-state index contributed by atoms with van der Waals surface area (Å²) in [5.74, 6) is 0.392. The fourth-order valence-corrected chi connectivity index (χ4v) is 6.57. The van der Waals surface area contributed by atoms with Crippen LogP contribution in [0.5, 0.6) is 28.7 Å². The number of ether oxygens (including phenoxy) is 6. The summed E-state index contributed by atoms with van der Waals surface area (Å²) in [6.07, 6.45) is 1.24. The topological polar surface area (TPSA) is 125 Å². The van der Waals surface area contributed by atoms with E-state index in [9.17, 15) is 14.7 Å². The molecule has 13 heteroatoms. The predicted octanol–water partition coefficient (Wildman–Crippen LogP) is 4.17. The number of amides is 1. The van der Waals surface area contributed by atoms with Crippen molar-refractivity contribution in [1.82, 2.24) is 10.2 Å². The third-order valence-electron chi connectivity index (χ3n) is 8.48. The summed E-state index contributed by atoms with van der Waals surface area (Å²) in [5, 5.41) is 14.4. The van der Waals surface area contributed by atoms with E-state index in [4.69, 9.17) is 28.4 Å². The lowest BCUT2D eigenvalue weighted by Crippen LogP contribution is -2.49. The van der Waals surface area contributed by atoms with Gasteiger partial charge < -0.3 is 43.7 Å². The number of nitrogens with one attached hydrogen (secondary N) is 1. The van der Waals surface area contributed by atoms with Crippen LogP contribution in [0.15, 0.2) is 24.3 Å². The van der Waals surface area contributed by atoms with Crippen molar-refractivity contribution in [1.29, 1.82) is 0 Å². The van der Waals surface area contributed by atoms with Crippen LogP contribution in [-0.4, -0.2) is 75.4 Å². The fraction of sp³-hybridized carbons (Fsp3) is 0.517. The van der Waals surface area contributed by atoms with Gasteiger partial charge in [0.1, 0.15) is 0 Å². The largest absolute Gasteiger partial charge is 0.502 e. The van der Waals surface area contributed by atoms with Gasteiger partial charge in [0.25, 0.3) is 0 Å². The molecule has 4 aliphatic rings. The van der Waals surface area contributed by atoms with Crippen LogP contribution in [0, 0.1) is 11.8 Å². The molecule has 3 aliphatic heterocycles. The van der Waals surface area contributed by atoms with E-state index in [1.807, 2.05) is 12.1 Å². The molecule has 0 spiro atoms. The smallest absolute Gasteiger partial charge is 0.409 e. The van der Waals surface area contributed by atoms with E-state index >= 15 is 0 Å². The summed E-state index contributed by atoms with van der Waals surface area (Å²) < 4.78 is 33.2. The minimum absolute atomic E-state index is 0. The molecule has 2 aromatic carbocycles. The van der Waals surface area contributed by atoms with Gasteiger partial charge in [-0.25, -0.2) is 4.79 Å². The number of piperidine rings is 1. The molecule has 2 saturated heterocycles. The average Bonchev–Trinajstić information content (AvgIpc) is 3.59. The average molecular weight is 628 g/mol. The van der Waals surface area contributed by atoms with E-state index in [0.29, 0.717) is 31.2 Å². The molecular weight excluding hydrogens is 591 g/mol. The summed E-state index contributed by atoms with van der Waals surface area (Å²) in [6.45, 7) is 3.75. The number of methoxy groups -OCH3 is 2. The summed E-state index contributed by atoms with van der Waals surface area (Å²) in [6, 6.07) is 7.40. The van der Waals surface area contributed by atoms with Crippen molar-refractivity contribution < 1.29 is 43.1 Å². The number of benzene rings is 2. The summed E-state index contributed by atoms with van der Waals surface area (Å²) >= 11 is 0. The van der Waals surface area contributed by atoms with E-state index in [2.05, 4.69) is 5.32 Å². The van der Waals surface area contributed by atoms with Crippen LogP contribution in [0.25, 0.3) is 0 Å². The maximum atomic E-state index is 13.4. The van der Waals surface area contributed by atoms with Crippen LogP contribution >= 0.6 is 24.8 Å². The molecule has 6 rings (SSSR count). The Bertz CT molecular complexity index is 1290. The minimum atomic E-state index is -0.482. The zero-order chi connectivity index (χ0) is 28.0. The summed E-state index contributed by atoms with van der Waals surface area (Å²) in [4.78, 5) is 27.3. The van der Waals surface area contributed by atoms with Crippen molar-refractivity contribution in [2.75, 3.05) is 47.3 Å². The Labute approximate surface area is 256 Å². The number of fused-ring (bicyclic) bond motifs is 3. The first kappa shape index (κ1) is 31.7. The number of cyclic esters (lactones) is 1. The normalized spacial score (nSPS) is 24.0. The SMILES string of the molecule is CCOC(=O)N1CCC(N[C@@H]2c3cc4c(cc3[C@@H](c3cc(OC)c(O)c(OC)c3)[C@H]3C(=O)OC[C@@H]32)OCO4)CC1.Cl.Cl. The lowest BCUT2D eigenvalue weighted by molar-refractivity contribution is -0.141. The van der Waals surface area contributed by atoms with Crippen LogP contribution in [-0.2, 0) is 14.3 Å². The zero-order valence-electron chi connectivity index (χ0n) is 23.6. The molecule has 11 nitrogen and oxygen atoms in total. The second-order valence-electron chi connectivity index (χ2n) is 10.5. The number of carbonyl (C=O) groups is 2. The molecule has 42 heavy (non-hydrogen) atoms. The fourth-order valence-electron chi connectivity index (χ4n) is 6.57. The lowest BCUT2D eigenvalue weighted by Gasteiger charge is -2.42. The Morgan fingerprint density at radius 3 is 2.21 bits per heavy atom. The van der Waals surface area contributed by atoms with Gasteiger partial charge in [0.15, 0.2) is 23.0 Å². The number of hydrogen-bond donors (Lipinski definition) is 2. The van der Waals surface area contributed by atoms with Gasteiger partial charge in [0.05, 0.1) is 33.4 Å². The third-order valence-corrected chi connectivity index (χ3v) is 8.48. The Hall–Kier alpha value is -3.28. The predicted molar refractivity (Wildman–Crippen MR) is 156 cm³/mol. The van der Waals surface area contributed by atoms with Gasteiger partial charge in [-0.3, -0.25) is 4.79 Å². The van der Waals surface area contributed by atoms with E-state index in [-0.39, 0.29) is 85.5 Å². The molecule has 1 aliphatic carbocycles. The number of rotatable bonds is 6. The van der Waals surface area contributed by atoms with Crippen molar-refractivity contribution in [2.45, 2.75) is 37.8 Å². The van der Waals surface area contributed by atoms with E-state index in [0.717, 1.165) is 29.5 Å². The Morgan fingerprint density at radius 2 is 1.62 bits per heavy atom. The standard InChI is InChI=1S/C29H34N2O9.2ClH/c1-4-37-29(34)31-7-5-16(6-8-31)30-26-18-12-21-20(39-14-40-21)11-17(18)24(25-19(26)13-38-28(25)33)15-9-22(35-2)27(32)23(10-15)36-3;;/h9-12,16,19,24-26,30,32H,4-8,13-14H2,1-3H3;2*1H/t19-,24+,25-,26+;;/m0../s1. The van der Waals surface area contributed by atoms with Gasteiger partial charge in [-0.15, -0.1) is 24.8 Å². The number of phenols is 1. The van der Waals surface area contributed by atoms with E-state index in [1.165, 1.54) is 14.2 Å². The number of aromatic hydroxyl groups is 1. The van der Waals surface area contributed by atoms with Crippen molar-refractivity contribution in [3.05, 3.63) is 41.0 Å². The van der Waals surface area contributed by atoms with Gasteiger partial charge in [-0.1, -0.05) is 0 Å². The Morgan fingerprint density at radius 1 is 1.00 bits per heavy atom. The minimum Gasteiger partial charge on any atom is -0.502 e. The van der Waals surface area contributed by atoms with Gasteiger partial charge in [0, 0.05) is 37.0 Å². The summed E-state index contributed by atoms with van der Waals surface area (Å²) in [5.41, 5.74) is 2.69. The maximum absolute atomic E-state index is 13.4. The van der Waals surface area contributed by atoms with Crippen LogP contribution in [0.2, 0.25) is 0 Å². The van der Waals surface area contributed by atoms with Crippen molar-refractivity contribution in [3.8, 4) is 28.7 Å².